The molecule has 0 aliphatic heterocycles. The van der Waals surface area contributed by atoms with Crippen LogP contribution in [0.5, 0.6) is 5.75 Å². The Kier molecular flexibility index (Phi) is 3.31. The van der Waals surface area contributed by atoms with Crippen molar-refractivity contribution in [2.45, 2.75) is 0 Å². The van der Waals surface area contributed by atoms with Gasteiger partial charge in [-0.1, -0.05) is 11.6 Å². The van der Waals surface area contributed by atoms with Crippen LogP contribution >= 0.6 is 11.6 Å². The number of halogens is 1. The van der Waals surface area contributed by atoms with Gasteiger partial charge < -0.3 is 10.5 Å². The topological polar surface area (TPSA) is 84.8 Å². The molecule has 0 aliphatic carbocycles. The Morgan fingerprint density at radius 1 is 1.33 bits per heavy atom. The molecule has 0 bridgehead atoms. The Hall–Kier alpha value is -2.32. The van der Waals surface area contributed by atoms with E-state index in [4.69, 9.17) is 27.3 Å². The first-order valence-corrected chi connectivity index (χ1v) is 5.40. The van der Waals surface area contributed by atoms with Crippen LogP contribution in [0.2, 0.25) is 5.02 Å². The molecular weight excluding hydrogens is 252 g/mol. The van der Waals surface area contributed by atoms with Gasteiger partial charge in [0.05, 0.1) is 12.1 Å². The van der Waals surface area contributed by atoms with Crippen molar-refractivity contribution in [2.24, 2.45) is 0 Å². The van der Waals surface area contributed by atoms with E-state index < -0.39 is 0 Å². The lowest BCUT2D eigenvalue weighted by molar-refractivity contribution is 0.415. The molecule has 2 rings (SSSR count). The van der Waals surface area contributed by atoms with E-state index in [0.717, 1.165) is 0 Å². The molecule has 0 atom stereocenters. The van der Waals surface area contributed by atoms with E-state index in [2.05, 4.69) is 9.97 Å². The summed E-state index contributed by atoms with van der Waals surface area (Å²) >= 11 is 6.02. The van der Waals surface area contributed by atoms with Gasteiger partial charge >= 0.3 is 0 Å². The van der Waals surface area contributed by atoms with Crippen LogP contribution in [0, 0.1) is 11.3 Å². The van der Waals surface area contributed by atoms with Gasteiger partial charge in [0.1, 0.15) is 23.3 Å². The zero-order chi connectivity index (χ0) is 13.1. The van der Waals surface area contributed by atoms with Gasteiger partial charge in [0.15, 0.2) is 5.82 Å². The van der Waals surface area contributed by atoms with E-state index >= 15 is 0 Å². The summed E-state index contributed by atoms with van der Waals surface area (Å²) in [6.07, 6.45) is 0. The highest BCUT2D eigenvalue weighted by molar-refractivity contribution is 6.32. The predicted octanol–water partition coefficient (Wildman–Crippen LogP) is 2.26. The minimum atomic E-state index is 0.212. The van der Waals surface area contributed by atoms with Crippen molar-refractivity contribution in [1.82, 2.24) is 9.97 Å². The number of ether oxygens (including phenoxy) is 1. The summed E-state index contributed by atoms with van der Waals surface area (Å²) in [6, 6.07) is 8.46. The maximum absolute atomic E-state index is 8.83. The second-order valence-electron chi connectivity index (χ2n) is 3.46. The molecule has 0 fully saturated rings. The largest absolute Gasteiger partial charge is 0.495 e. The number of nitriles is 1. The highest BCUT2D eigenvalue weighted by atomic mass is 35.5. The van der Waals surface area contributed by atoms with Crippen molar-refractivity contribution in [3.63, 3.8) is 0 Å². The number of aromatic nitrogens is 2. The molecule has 1 heterocycles. The quantitative estimate of drug-likeness (QED) is 0.895. The van der Waals surface area contributed by atoms with E-state index in [1.54, 1.807) is 18.2 Å². The van der Waals surface area contributed by atoms with E-state index in [0.29, 0.717) is 22.2 Å². The van der Waals surface area contributed by atoms with Gasteiger partial charge in [-0.05, 0) is 18.2 Å². The molecule has 18 heavy (non-hydrogen) atoms. The minimum absolute atomic E-state index is 0.212. The number of anilines is 1. The van der Waals surface area contributed by atoms with Gasteiger partial charge in [0.2, 0.25) is 0 Å². The molecule has 0 spiro atoms. The van der Waals surface area contributed by atoms with Crippen LogP contribution < -0.4 is 10.5 Å². The summed E-state index contributed by atoms with van der Waals surface area (Å²) in [5, 5.41) is 9.27. The Morgan fingerprint density at radius 3 is 2.72 bits per heavy atom. The summed E-state index contributed by atoms with van der Waals surface area (Å²) in [4.78, 5) is 8.13. The molecule has 0 radical (unpaired) electrons. The normalized spacial score (nSPS) is 9.83. The molecule has 0 saturated heterocycles. The fraction of sp³-hybridized carbons (Fsp3) is 0.0833. The molecule has 0 saturated carbocycles. The molecule has 6 heteroatoms. The fourth-order valence-electron chi connectivity index (χ4n) is 1.46. The van der Waals surface area contributed by atoms with Gasteiger partial charge in [-0.15, -0.1) is 0 Å². The lowest BCUT2D eigenvalue weighted by atomic mass is 10.2. The monoisotopic (exact) mass is 260 g/mol. The Morgan fingerprint density at radius 2 is 2.11 bits per heavy atom. The second kappa shape index (κ2) is 4.90. The van der Waals surface area contributed by atoms with Crippen molar-refractivity contribution >= 4 is 17.4 Å². The molecule has 90 valence electrons. The molecule has 5 nitrogen and oxygen atoms in total. The number of rotatable bonds is 2. The third-order valence-corrected chi connectivity index (χ3v) is 2.57. The van der Waals surface area contributed by atoms with E-state index in [1.807, 2.05) is 6.07 Å². The number of hydrogen-bond acceptors (Lipinski definition) is 5. The second-order valence-corrected chi connectivity index (χ2v) is 3.87. The third-order valence-electron chi connectivity index (χ3n) is 2.27. The SMILES string of the molecule is COc1ccc(-c2nc(N)cc(C#N)n2)cc1Cl. The van der Waals surface area contributed by atoms with Crippen molar-refractivity contribution in [3.8, 4) is 23.2 Å². The van der Waals surface area contributed by atoms with Gasteiger partial charge in [0, 0.05) is 11.6 Å². The molecule has 2 N–H and O–H groups in total. The van der Waals surface area contributed by atoms with Crippen LogP contribution in [-0.4, -0.2) is 17.1 Å². The summed E-state index contributed by atoms with van der Waals surface area (Å²) in [5.74, 6) is 1.16. The van der Waals surface area contributed by atoms with Crippen LogP contribution in [0.25, 0.3) is 11.4 Å². The average Bonchev–Trinajstić information content (AvgIpc) is 2.37. The Labute approximate surface area is 109 Å². The lowest BCUT2D eigenvalue weighted by Gasteiger charge is -2.06. The number of benzene rings is 1. The number of methoxy groups -OCH3 is 1. The lowest BCUT2D eigenvalue weighted by Crippen LogP contribution is -1.98. The number of nitrogens with zero attached hydrogens (tertiary/aromatic N) is 3. The Balaban J connectivity index is 2.52. The molecule has 2 aromatic rings. The molecular formula is C12H9ClN4O. The summed E-state index contributed by atoms with van der Waals surface area (Å²) < 4.78 is 5.05. The van der Waals surface area contributed by atoms with Crippen molar-refractivity contribution in [1.29, 1.82) is 5.26 Å². The number of nitrogens with two attached hydrogens (primary N) is 1. The molecule has 0 unspecified atom stereocenters. The third kappa shape index (κ3) is 2.34. The zero-order valence-electron chi connectivity index (χ0n) is 9.51. The van der Waals surface area contributed by atoms with Gasteiger partial charge in [-0.2, -0.15) is 5.26 Å². The van der Waals surface area contributed by atoms with Crippen molar-refractivity contribution in [2.75, 3.05) is 12.8 Å². The maximum atomic E-state index is 8.83. The summed E-state index contributed by atoms with van der Waals surface area (Å²) in [5.41, 5.74) is 6.49. The van der Waals surface area contributed by atoms with Crippen LogP contribution in [0.1, 0.15) is 5.69 Å². The number of nitrogen functional groups attached to an aromatic ring is 1. The van der Waals surface area contributed by atoms with Crippen LogP contribution in [0.3, 0.4) is 0 Å². The van der Waals surface area contributed by atoms with E-state index in [1.165, 1.54) is 13.2 Å². The predicted molar refractivity (Wildman–Crippen MR) is 68.2 cm³/mol. The first-order valence-electron chi connectivity index (χ1n) is 5.02. The molecule has 1 aromatic carbocycles. The number of hydrogen-bond donors (Lipinski definition) is 1. The van der Waals surface area contributed by atoms with Crippen molar-refractivity contribution in [3.05, 3.63) is 35.0 Å². The first-order chi connectivity index (χ1) is 8.63. The van der Waals surface area contributed by atoms with E-state index in [9.17, 15) is 0 Å². The zero-order valence-corrected chi connectivity index (χ0v) is 10.3. The maximum Gasteiger partial charge on any atom is 0.163 e. The highest BCUT2D eigenvalue weighted by Gasteiger charge is 2.08. The Bertz CT molecular complexity index is 636. The van der Waals surface area contributed by atoms with Gasteiger partial charge in [-0.25, -0.2) is 9.97 Å². The van der Waals surface area contributed by atoms with Gasteiger partial charge in [-0.3, -0.25) is 0 Å². The summed E-state index contributed by atoms with van der Waals surface area (Å²) in [6.45, 7) is 0. The first kappa shape index (κ1) is 12.1. The summed E-state index contributed by atoms with van der Waals surface area (Å²) in [7, 11) is 1.53. The van der Waals surface area contributed by atoms with Crippen molar-refractivity contribution < 1.29 is 4.74 Å². The molecule has 0 amide bonds. The molecule has 0 aliphatic rings. The van der Waals surface area contributed by atoms with Crippen LogP contribution in [-0.2, 0) is 0 Å². The minimum Gasteiger partial charge on any atom is -0.495 e. The van der Waals surface area contributed by atoms with Crippen LogP contribution in [0.4, 0.5) is 5.82 Å². The van der Waals surface area contributed by atoms with E-state index in [-0.39, 0.29) is 11.5 Å². The average molecular weight is 261 g/mol. The highest BCUT2D eigenvalue weighted by Crippen LogP contribution is 2.28. The fourth-order valence-corrected chi connectivity index (χ4v) is 1.72. The molecule has 1 aromatic heterocycles. The van der Waals surface area contributed by atoms with Gasteiger partial charge in [0.25, 0.3) is 0 Å². The standard InChI is InChI=1S/C12H9ClN4O/c1-18-10-3-2-7(4-9(10)13)12-16-8(6-14)5-11(15)17-12/h2-5H,1H3,(H2,15,16,17). The van der Waals surface area contributed by atoms with Crippen LogP contribution in [0.15, 0.2) is 24.3 Å². The smallest absolute Gasteiger partial charge is 0.163 e.